The number of phenolic OH excluding ortho intramolecular Hbond substituents is 2. The highest BCUT2D eigenvalue weighted by Gasteiger charge is 2.03. The Bertz CT molecular complexity index is 606. The van der Waals surface area contributed by atoms with Gasteiger partial charge in [0.2, 0.25) is 0 Å². The molecule has 0 bridgehead atoms. The molecule has 2 rings (SSSR count). The molecule has 0 spiro atoms. The summed E-state index contributed by atoms with van der Waals surface area (Å²) in [6.07, 6.45) is 1.43. The van der Waals surface area contributed by atoms with Gasteiger partial charge in [0.1, 0.15) is 11.5 Å². The van der Waals surface area contributed by atoms with Gasteiger partial charge in [0.05, 0.1) is 6.21 Å². The van der Waals surface area contributed by atoms with Crippen molar-refractivity contribution in [1.82, 2.24) is 5.43 Å². The first-order valence-corrected chi connectivity index (χ1v) is 5.56. The zero-order valence-corrected chi connectivity index (χ0v) is 9.95. The molecule has 0 atom stereocenters. The molecule has 0 saturated heterocycles. The number of nitrogens with one attached hydrogen (secondary N) is 1. The third-order valence-corrected chi connectivity index (χ3v) is 2.38. The van der Waals surface area contributed by atoms with Gasteiger partial charge in [0.15, 0.2) is 0 Å². The fourth-order valence-corrected chi connectivity index (χ4v) is 1.45. The molecule has 0 unspecified atom stereocenters. The van der Waals surface area contributed by atoms with Crippen LogP contribution in [0.15, 0.2) is 53.6 Å². The smallest absolute Gasteiger partial charge is 0.271 e. The van der Waals surface area contributed by atoms with Crippen LogP contribution in [0.3, 0.4) is 0 Å². The van der Waals surface area contributed by atoms with Crippen molar-refractivity contribution < 1.29 is 15.0 Å². The van der Waals surface area contributed by atoms with Gasteiger partial charge in [0, 0.05) is 5.56 Å². The number of hydrogen-bond donors (Lipinski definition) is 3. The van der Waals surface area contributed by atoms with Crippen LogP contribution in [0.2, 0.25) is 0 Å². The van der Waals surface area contributed by atoms with Crippen LogP contribution in [0.4, 0.5) is 0 Å². The van der Waals surface area contributed by atoms with Gasteiger partial charge in [-0.1, -0.05) is 12.1 Å². The number of carbonyl (C=O) groups excluding carboxylic acids is 1. The molecule has 0 saturated carbocycles. The van der Waals surface area contributed by atoms with Crippen molar-refractivity contribution in [3.63, 3.8) is 0 Å². The van der Waals surface area contributed by atoms with Crippen molar-refractivity contribution in [2.24, 2.45) is 5.10 Å². The molecule has 1 amide bonds. The SMILES string of the molecule is O=C(N/N=C\c1cccc(O)c1)c1ccc(O)cc1. The van der Waals surface area contributed by atoms with Crippen molar-refractivity contribution in [1.29, 1.82) is 0 Å². The van der Waals surface area contributed by atoms with E-state index in [9.17, 15) is 9.90 Å². The van der Waals surface area contributed by atoms with Gasteiger partial charge in [-0.15, -0.1) is 0 Å². The minimum atomic E-state index is -0.378. The summed E-state index contributed by atoms with van der Waals surface area (Å²) in [5, 5.41) is 22.1. The van der Waals surface area contributed by atoms with Crippen molar-refractivity contribution in [3.05, 3.63) is 59.7 Å². The van der Waals surface area contributed by atoms with E-state index in [1.54, 1.807) is 18.2 Å². The Morgan fingerprint density at radius 3 is 2.47 bits per heavy atom. The molecule has 19 heavy (non-hydrogen) atoms. The standard InChI is InChI=1S/C14H12N2O3/c17-12-6-4-11(5-7-12)14(19)16-15-9-10-2-1-3-13(18)8-10/h1-9,17-18H,(H,16,19)/b15-9-. The van der Waals surface area contributed by atoms with Gasteiger partial charge in [-0.25, -0.2) is 5.43 Å². The summed E-state index contributed by atoms with van der Waals surface area (Å²) in [5.74, 6) is -0.148. The van der Waals surface area contributed by atoms with Crippen LogP contribution in [0.5, 0.6) is 11.5 Å². The van der Waals surface area contributed by atoms with Gasteiger partial charge in [0.25, 0.3) is 5.91 Å². The number of hydrogen-bond acceptors (Lipinski definition) is 4. The fourth-order valence-electron chi connectivity index (χ4n) is 1.45. The predicted octanol–water partition coefficient (Wildman–Crippen LogP) is 1.86. The number of benzene rings is 2. The first-order chi connectivity index (χ1) is 9.15. The summed E-state index contributed by atoms with van der Waals surface area (Å²) in [4.78, 5) is 11.7. The molecule has 0 aliphatic rings. The Morgan fingerprint density at radius 2 is 1.79 bits per heavy atom. The fraction of sp³-hybridized carbons (Fsp3) is 0. The maximum atomic E-state index is 11.7. The van der Waals surface area contributed by atoms with E-state index in [-0.39, 0.29) is 17.4 Å². The summed E-state index contributed by atoms with van der Waals surface area (Å²) in [6.45, 7) is 0. The molecule has 2 aromatic carbocycles. The molecule has 0 aliphatic carbocycles. The van der Waals surface area contributed by atoms with Crippen LogP contribution < -0.4 is 5.43 Å². The average molecular weight is 256 g/mol. The first kappa shape index (κ1) is 12.6. The van der Waals surface area contributed by atoms with Crippen LogP contribution in [-0.2, 0) is 0 Å². The highest BCUT2D eigenvalue weighted by atomic mass is 16.3. The molecule has 0 radical (unpaired) electrons. The number of aromatic hydroxyl groups is 2. The van der Waals surface area contributed by atoms with Gasteiger partial charge < -0.3 is 10.2 Å². The summed E-state index contributed by atoms with van der Waals surface area (Å²) in [6, 6.07) is 12.3. The van der Waals surface area contributed by atoms with E-state index in [1.807, 2.05) is 0 Å². The lowest BCUT2D eigenvalue weighted by molar-refractivity contribution is 0.0955. The van der Waals surface area contributed by atoms with Crippen LogP contribution in [0, 0.1) is 0 Å². The Kier molecular flexibility index (Phi) is 3.78. The summed E-state index contributed by atoms with van der Waals surface area (Å²) >= 11 is 0. The third kappa shape index (κ3) is 3.57. The lowest BCUT2D eigenvalue weighted by Gasteiger charge is -2.00. The van der Waals surface area contributed by atoms with Gasteiger partial charge >= 0.3 is 0 Å². The number of hydrazone groups is 1. The van der Waals surface area contributed by atoms with E-state index in [0.717, 1.165) is 0 Å². The second-order valence-corrected chi connectivity index (χ2v) is 3.84. The van der Waals surface area contributed by atoms with E-state index in [4.69, 9.17) is 5.11 Å². The molecule has 0 fully saturated rings. The minimum Gasteiger partial charge on any atom is -0.508 e. The third-order valence-electron chi connectivity index (χ3n) is 2.38. The second kappa shape index (κ2) is 5.68. The van der Waals surface area contributed by atoms with Crippen LogP contribution in [0.25, 0.3) is 0 Å². The van der Waals surface area contributed by atoms with Crippen LogP contribution >= 0.6 is 0 Å². The predicted molar refractivity (Wildman–Crippen MR) is 71.3 cm³/mol. The van der Waals surface area contributed by atoms with E-state index in [1.165, 1.54) is 36.5 Å². The Hall–Kier alpha value is -2.82. The number of phenols is 2. The molecular weight excluding hydrogens is 244 g/mol. The molecule has 5 heteroatoms. The Balaban J connectivity index is 1.98. The van der Waals surface area contributed by atoms with Crippen molar-refractivity contribution in [2.75, 3.05) is 0 Å². The van der Waals surface area contributed by atoms with Crippen molar-refractivity contribution >= 4 is 12.1 Å². The molecule has 96 valence electrons. The highest BCUT2D eigenvalue weighted by Crippen LogP contribution is 2.10. The van der Waals surface area contributed by atoms with E-state index in [0.29, 0.717) is 11.1 Å². The topological polar surface area (TPSA) is 81.9 Å². The quantitative estimate of drug-likeness (QED) is 0.579. The summed E-state index contributed by atoms with van der Waals surface area (Å²) in [5.41, 5.74) is 3.42. The van der Waals surface area contributed by atoms with Gasteiger partial charge in [-0.3, -0.25) is 4.79 Å². The highest BCUT2D eigenvalue weighted by molar-refractivity contribution is 5.95. The van der Waals surface area contributed by atoms with Gasteiger partial charge in [-0.05, 0) is 42.0 Å². The van der Waals surface area contributed by atoms with Crippen LogP contribution in [0.1, 0.15) is 15.9 Å². The lowest BCUT2D eigenvalue weighted by atomic mass is 10.2. The largest absolute Gasteiger partial charge is 0.508 e. The van der Waals surface area contributed by atoms with Gasteiger partial charge in [-0.2, -0.15) is 5.10 Å². The maximum Gasteiger partial charge on any atom is 0.271 e. The number of carbonyl (C=O) groups is 1. The lowest BCUT2D eigenvalue weighted by Crippen LogP contribution is -2.17. The molecular formula is C14H12N2O3. The zero-order valence-electron chi connectivity index (χ0n) is 9.95. The Labute approximate surface area is 109 Å². The normalized spacial score (nSPS) is 10.5. The van der Waals surface area contributed by atoms with E-state index in [2.05, 4.69) is 10.5 Å². The molecule has 2 aromatic rings. The molecule has 3 N–H and O–H groups in total. The number of rotatable bonds is 3. The molecule has 5 nitrogen and oxygen atoms in total. The average Bonchev–Trinajstić information content (AvgIpc) is 2.39. The molecule has 0 heterocycles. The summed E-state index contributed by atoms with van der Waals surface area (Å²) in [7, 11) is 0. The maximum absolute atomic E-state index is 11.7. The zero-order chi connectivity index (χ0) is 13.7. The Morgan fingerprint density at radius 1 is 1.05 bits per heavy atom. The second-order valence-electron chi connectivity index (χ2n) is 3.84. The number of nitrogens with zero attached hydrogens (tertiary/aromatic N) is 1. The molecule has 0 aliphatic heterocycles. The van der Waals surface area contributed by atoms with Crippen molar-refractivity contribution in [3.8, 4) is 11.5 Å². The minimum absolute atomic E-state index is 0.0970. The molecule has 0 aromatic heterocycles. The van der Waals surface area contributed by atoms with Crippen LogP contribution in [-0.4, -0.2) is 22.3 Å². The van der Waals surface area contributed by atoms with E-state index < -0.39 is 0 Å². The van der Waals surface area contributed by atoms with Crippen molar-refractivity contribution in [2.45, 2.75) is 0 Å². The summed E-state index contributed by atoms with van der Waals surface area (Å²) < 4.78 is 0. The number of amides is 1. The first-order valence-electron chi connectivity index (χ1n) is 5.56. The monoisotopic (exact) mass is 256 g/mol. The van der Waals surface area contributed by atoms with E-state index >= 15 is 0 Å².